The van der Waals surface area contributed by atoms with Gasteiger partial charge in [0, 0.05) is 7.11 Å². The molecule has 1 aromatic rings. The molecule has 1 rings (SSSR count). The highest BCUT2D eigenvalue weighted by molar-refractivity contribution is 7.18. The second-order valence-corrected chi connectivity index (χ2v) is 5.94. The van der Waals surface area contributed by atoms with Crippen LogP contribution in [0, 0.1) is 6.92 Å². The van der Waals surface area contributed by atoms with Crippen molar-refractivity contribution in [3.63, 3.8) is 0 Å². The first-order chi connectivity index (χ1) is 10.8. The van der Waals surface area contributed by atoms with Crippen molar-refractivity contribution in [3.05, 3.63) is 16.0 Å². The number of hydrogen-bond donors (Lipinski definition) is 1. The molecule has 0 spiro atoms. The standard InChI is InChI=1S/C15H21NO6S/c1-6-21-14(18)11-9(4)12(15(19)22-8(2)3)23-13(11)16-10(17)7-20-5/h8H,6-7H2,1-5H3,(H,16,17). The number of ether oxygens (including phenoxy) is 3. The summed E-state index contributed by atoms with van der Waals surface area (Å²) in [4.78, 5) is 36.2. The topological polar surface area (TPSA) is 90.9 Å². The van der Waals surface area contributed by atoms with Crippen LogP contribution in [-0.4, -0.2) is 44.3 Å². The van der Waals surface area contributed by atoms with Gasteiger partial charge in [0.2, 0.25) is 0 Å². The van der Waals surface area contributed by atoms with Gasteiger partial charge < -0.3 is 19.5 Å². The van der Waals surface area contributed by atoms with E-state index in [2.05, 4.69) is 5.32 Å². The smallest absolute Gasteiger partial charge is 0.348 e. The minimum absolute atomic E-state index is 0.162. The van der Waals surface area contributed by atoms with Crippen molar-refractivity contribution in [3.8, 4) is 0 Å². The van der Waals surface area contributed by atoms with Gasteiger partial charge in [-0.1, -0.05) is 0 Å². The molecule has 0 aliphatic heterocycles. The first-order valence-electron chi connectivity index (χ1n) is 7.12. The summed E-state index contributed by atoms with van der Waals surface area (Å²) in [6.45, 7) is 6.78. The predicted molar refractivity (Wildman–Crippen MR) is 86.1 cm³/mol. The molecule has 0 unspecified atom stereocenters. The molecule has 0 aliphatic rings. The van der Waals surface area contributed by atoms with Crippen molar-refractivity contribution < 1.29 is 28.6 Å². The average Bonchev–Trinajstić information content (AvgIpc) is 2.75. The van der Waals surface area contributed by atoms with E-state index in [1.807, 2.05) is 0 Å². The summed E-state index contributed by atoms with van der Waals surface area (Å²) in [5.41, 5.74) is 0.587. The quantitative estimate of drug-likeness (QED) is 0.764. The summed E-state index contributed by atoms with van der Waals surface area (Å²) >= 11 is 0.982. The Kier molecular flexibility index (Phi) is 7.18. The van der Waals surface area contributed by atoms with E-state index >= 15 is 0 Å². The van der Waals surface area contributed by atoms with E-state index in [1.165, 1.54) is 7.11 Å². The summed E-state index contributed by atoms with van der Waals surface area (Å²) in [5.74, 6) is -1.57. The van der Waals surface area contributed by atoms with Gasteiger partial charge in [0.15, 0.2) is 0 Å². The Morgan fingerprint density at radius 2 is 1.87 bits per heavy atom. The van der Waals surface area contributed by atoms with Crippen molar-refractivity contribution in [2.45, 2.75) is 33.8 Å². The maximum absolute atomic E-state index is 12.1. The first kappa shape index (κ1) is 19.1. The van der Waals surface area contributed by atoms with Crippen LogP contribution in [0.3, 0.4) is 0 Å². The van der Waals surface area contributed by atoms with E-state index in [-0.39, 0.29) is 34.8 Å². The van der Waals surface area contributed by atoms with Crippen LogP contribution in [0.25, 0.3) is 0 Å². The molecule has 0 fully saturated rings. The zero-order valence-corrected chi connectivity index (χ0v) is 14.7. The molecule has 1 N–H and O–H groups in total. The molecule has 0 saturated carbocycles. The minimum atomic E-state index is -0.599. The molecule has 1 aromatic heterocycles. The molecule has 23 heavy (non-hydrogen) atoms. The van der Waals surface area contributed by atoms with Crippen molar-refractivity contribution in [2.75, 3.05) is 25.6 Å². The summed E-state index contributed by atoms with van der Waals surface area (Å²) in [5, 5.41) is 2.81. The second kappa shape index (κ2) is 8.64. The van der Waals surface area contributed by atoms with Gasteiger partial charge in [0.25, 0.3) is 5.91 Å². The maximum Gasteiger partial charge on any atom is 0.348 e. The van der Waals surface area contributed by atoms with E-state index in [9.17, 15) is 14.4 Å². The summed E-state index contributed by atoms with van der Waals surface area (Å²) in [6.07, 6.45) is -0.290. The first-order valence-corrected chi connectivity index (χ1v) is 7.93. The number of thiophene rings is 1. The number of anilines is 1. The number of carbonyl (C=O) groups is 3. The zero-order chi connectivity index (χ0) is 17.6. The Bertz CT molecular complexity index is 593. The third kappa shape index (κ3) is 5.04. The third-order valence-corrected chi connectivity index (χ3v) is 3.87. The van der Waals surface area contributed by atoms with Gasteiger partial charge in [-0.3, -0.25) is 4.79 Å². The van der Waals surface area contributed by atoms with Gasteiger partial charge in [-0.25, -0.2) is 9.59 Å². The molecule has 0 atom stereocenters. The number of carbonyl (C=O) groups excluding carboxylic acids is 3. The lowest BCUT2D eigenvalue weighted by atomic mass is 10.1. The molecule has 0 aromatic carbocycles. The van der Waals surface area contributed by atoms with Gasteiger partial charge in [-0.05, 0) is 33.3 Å². The predicted octanol–water partition coefficient (Wildman–Crippen LogP) is 2.38. The normalized spacial score (nSPS) is 10.5. The van der Waals surface area contributed by atoms with Gasteiger partial charge >= 0.3 is 11.9 Å². The van der Waals surface area contributed by atoms with E-state index in [0.717, 1.165) is 11.3 Å². The van der Waals surface area contributed by atoms with Gasteiger partial charge in [-0.15, -0.1) is 11.3 Å². The fourth-order valence-corrected chi connectivity index (χ4v) is 2.90. The number of nitrogens with one attached hydrogen (secondary N) is 1. The molecule has 128 valence electrons. The van der Waals surface area contributed by atoms with Crippen molar-refractivity contribution in [1.82, 2.24) is 0 Å². The number of methoxy groups -OCH3 is 1. The highest BCUT2D eigenvalue weighted by Gasteiger charge is 2.27. The SMILES string of the molecule is CCOC(=O)c1c(NC(=O)COC)sc(C(=O)OC(C)C)c1C. The number of esters is 2. The number of amides is 1. The van der Waals surface area contributed by atoms with Crippen LogP contribution in [0.1, 0.15) is 46.4 Å². The highest BCUT2D eigenvalue weighted by atomic mass is 32.1. The summed E-state index contributed by atoms with van der Waals surface area (Å²) < 4.78 is 14.9. The lowest BCUT2D eigenvalue weighted by Gasteiger charge is -2.07. The van der Waals surface area contributed by atoms with Crippen molar-refractivity contribution in [1.29, 1.82) is 0 Å². The molecular formula is C15H21NO6S. The fraction of sp³-hybridized carbons (Fsp3) is 0.533. The zero-order valence-electron chi connectivity index (χ0n) is 13.8. The van der Waals surface area contributed by atoms with Crippen molar-refractivity contribution in [2.24, 2.45) is 0 Å². The largest absolute Gasteiger partial charge is 0.462 e. The molecule has 0 radical (unpaired) electrons. The number of rotatable bonds is 7. The second-order valence-electron chi connectivity index (χ2n) is 4.92. The Labute approximate surface area is 138 Å². The number of hydrogen-bond acceptors (Lipinski definition) is 7. The van der Waals surface area contributed by atoms with Crippen LogP contribution in [0.15, 0.2) is 0 Å². The summed E-state index contributed by atoms with van der Waals surface area (Å²) in [7, 11) is 1.39. The van der Waals surface area contributed by atoms with Gasteiger partial charge in [-0.2, -0.15) is 0 Å². The molecule has 0 saturated heterocycles. The molecule has 8 heteroatoms. The molecule has 1 amide bonds. The molecular weight excluding hydrogens is 322 g/mol. The van der Waals surface area contributed by atoms with Crippen LogP contribution in [-0.2, 0) is 19.0 Å². The van der Waals surface area contributed by atoms with Crippen LogP contribution in [0.2, 0.25) is 0 Å². The molecule has 0 aliphatic carbocycles. The third-order valence-electron chi connectivity index (χ3n) is 2.68. The van der Waals surface area contributed by atoms with E-state index in [0.29, 0.717) is 5.56 Å². The average molecular weight is 343 g/mol. The Hall–Kier alpha value is -1.93. The highest BCUT2D eigenvalue weighted by Crippen LogP contribution is 2.34. The lowest BCUT2D eigenvalue weighted by molar-refractivity contribution is -0.119. The van der Waals surface area contributed by atoms with Gasteiger partial charge in [0.1, 0.15) is 16.5 Å². The van der Waals surface area contributed by atoms with Crippen molar-refractivity contribution >= 4 is 34.2 Å². The Morgan fingerprint density at radius 3 is 2.39 bits per heavy atom. The molecule has 7 nitrogen and oxygen atoms in total. The van der Waals surface area contributed by atoms with Crippen LogP contribution < -0.4 is 5.32 Å². The fourth-order valence-electron chi connectivity index (χ4n) is 1.81. The van der Waals surface area contributed by atoms with Crippen LogP contribution >= 0.6 is 11.3 Å². The lowest BCUT2D eigenvalue weighted by Crippen LogP contribution is -2.18. The van der Waals surface area contributed by atoms with Crippen LogP contribution in [0.4, 0.5) is 5.00 Å². The maximum atomic E-state index is 12.1. The Balaban J connectivity index is 3.22. The van der Waals surface area contributed by atoms with E-state index < -0.39 is 17.8 Å². The Morgan fingerprint density at radius 1 is 1.22 bits per heavy atom. The van der Waals surface area contributed by atoms with E-state index in [4.69, 9.17) is 14.2 Å². The molecule has 0 bridgehead atoms. The molecule has 1 heterocycles. The monoisotopic (exact) mass is 343 g/mol. The van der Waals surface area contributed by atoms with Gasteiger partial charge in [0.05, 0.1) is 18.3 Å². The van der Waals surface area contributed by atoms with Crippen LogP contribution in [0.5, 0.6) is 0 Å². The van der Waals surface area contributed by atoms with E-state index in [1.54, 1.807) is 27.7 Å². The minimum Gasteiger partial charge on any atom is -0.462 e. The summed E-state index contributed by atoms with van der Waals surface area (Å²) in [6, 6.07) is 0.